The number of hydrogen-bond acceptors (Lipinski definition) is 1. The van der Waals surface area contributed by atoms with Gasteiger partial charge in [-0.3, -0.25) is 4.79 Å². The summed E-state index contributed by atoms with van der Waals surface area (Å²) in [5.41, 5.74) is 1.00. The highest BCUT2D eigenvalue weighted by Gasteiger charge is 2.34. The number of fused-ring (bicyclic) bond motifs is 1. The van der Waals surface area contributed by atoms with Crippen LogP contribution < -0.4 is 0 Å². The summed E-state index contributed by atoms with van der Waals surface area (Å²) in [5, 5.41) is 0.774. The molecule has 0 atom stereocenters. The molecule has 1 aromatic carbocycles. The lowest BCUT2D eigenvalue weighted by atomic mass is 9.83. The number of nitrogens with zero attached hydrogens (tertiary/aromatic N) is 1. The fraction of sp³-hybridized carbons (Fsp3) is 0.438. The number of H-pyrrole nitrogens is 1. The standard InChI is InChI=1S/C16H21FN2O/c1-5-19(6-2)15(20)16(3,4)13-10-18-14-8-7-11(17)9-12(13)14/h7-10,18H,5-6H2,1-4H3. The Labute approximate surface area is 118 Å². The zero-order chi connectivity index (χ0) is 14.9. The lowest BCUT2D eigenvalue weighted by molar-refractivity contribution is -0.135. The van der Waals surface area contributed by atoms with Crippen LogP contribution in [0.2, 0.25) is 0 Å². The Morgan fingerprint density at radius 1 is 1.30 bits per heavy atom. The molecule has 1 amide bonds. The zero-order valence-corrected chi connectivity index (χ0v) is 12.5. The van der Waals surface area contributed by atoms with E-state index in [1.165, 1.54) is 12.1 Å². The van der Waals surface area contributed by atoms with Crippen molar-refractivity contribution in [1.29, 1.82) is 0 Å². The summed E-state index contributed by atoms with van der Waals surface area (Å²) in [6.07, 6.45) is 1.81. The fourth-order valence-corrected chi connectivity index (χ4v) is 2.63. The van der Waals surface area contributed by atoms with Crippen LogP contribution in [0, 0.1) is 5.82 Å². The lowest BCUT2D eigenvalue weighted by Gasteiger charge is -2.30. The molecule has 108 valence electrons. The van der Waals surface area contributed by atoms with Gasteiger partial charge in [0.05, 0.1) is 5.41 Å². The molecule has 0 radical (unpaired) electrons. The number of likely N-dealkylation sites (N-methyl/N-ethyl adjacent to an activating group) is 1. The number of aromatic amines is 1. The van der Waals surface area contributed by atoms with Crippen molar-refractivity contribution < 1.29 is 9.18 Å². The Morgan fingerprint density at radius 3 is 2.55 bits per heavy atom. The Hall–Kier alpha value is -1.84. The first-order valence-electron chi connectivity index (χ1n) is 6.98. The van der Waals surface area contributed by atoms with Gasteiger partial charge in [0.1, 0.15) is 5.82 Å². The molecule has 0 aliphatic carbocycles. The molecule has 0 saturated heterocycles. The third-order valence-corrected chi connectivity index (χ3v) is 3.90. The quantitative estimate of drug-likeness (QED) is 0.912. The first-order chi connectivity index (χ1) is 9.41. The van der Waals surface area contributed by atoms with E-state index in [1.54, 1.807) is 11.0 Å². The fourth-order valence-electron chi connectivity index (χ4n) is 2.63. The number of carbonyl (C=O) groups excluding carboxylic acids is 1. The van der Waals surface area contributed by atoms with Crippen LogP contribution in [-0.4, -0.2) is 28.9 Å². The molecule has 20 heavy (non-hydrogen) atoms. The molecule has 2 aromatic rings. The van der Waals surface area contributed by atoms with Gasteiger partial charge in [-0.25, -0.2) is 4.39 Å². The van der Waals surface area contributed by atoms with E-state index in [4.69, 9.17) is 0 Å². The van der Waals surface area contributed by atoms with Crippen LogP contribution >= 0.6 is 0 Å². The Morgan fingerprint density at radius 2 is 1.95 bits per heavy atom. The third kappa shape index (κ3) is 2.30. The molecule has 0 saturated carbocycles. The van der Waals surface area contributed by atoms with E-state index in [9.17, 15) is 9.18 Å². The number of amides is 1. The van der Waals surface area contributed by atoms with Gasteiger partial charge in [0, 0.05) is 30.2 Å². The smallest absolute Gasteiger partial charge is 0.232 e. The van der Waals surface area contributed by atoms with Crippen molar-refractivity contribution >= 4 is 16.8 Å². The van der Waals surface area contributed by atoms with Gasteiger partial charge in [0.25, 0.3) is 0 Å². The van der Waals surface area contributed by atoms with Gasteiger partial charge < -0.3 is 9.88 Å². The van der Waals surface area contributed by atoms with Crippen LogP contribution in [0.25, 0.3) is 10.9 Å². The molecule has 0 spiro atoms. The average Bonchev–Trinajstić information content (AvgIpc) is 2.83. The summed E-state index contributed by atoms with van der Waals surface area (Å²) in [4.78, 5) is 17.6. The largest absolute Gasteiger partial charge is 0.361 e. The second kappa shape index (κ2) is 5.27. The molecule has 0 unspecified atom stereocenters. The summed E-state index contributed by atoms with van der Waals surface area (Å²) in [6.45, 7) is 9.06. The van der Waals surface area contributed by atoms with E-state index in [0.29, 0.717) is 13.1 Å². The van der Waals surface area contributed by atoms with Crippen molar-refractivity contribution in [3.8, 4) is 0 Å². The summed E-state index contributed by atoms with van der Waals surface area (Å²) < 4.78 is 13.5. The molecular formula is C16H21FN2O. The van der Waals surface area contributed by atoms with E-state index in [-0.39, 0.29) is 11.7 Å². The topological polar surface area (TPSA) is 36.1 Å². The summed E-state index contributed by atoms with van der Waals surface area (Å²) in [5.74, 6) is -0.225. The summed E-state index contributed by atoms with van der Waals surface area (Å²) in [7, 11) is 0. The minimum absolute atomic E-state index is 0.0626. The highest BCUT2D eigenvalue weighted by atomic mass is 19.1. The number of benzene rings is 1. The van der Waals surface area contributed by atoms with Gasteiger partial charge in [-0.05, 0) is 51.5 Å². The van der Waals surface area contributed by atoms with E-state index in [1.807, 2.05) is 33.9 Å². The van der Waals surface area contributed by atoms with Crippen LogP contribution in [0.5, 0.6) is 0 Å². The molecule has 1 aromatic heterocycles. The van der Waals surface area contributed by atoms with Crippen molar-refractivity contribution in [2.24, 2.45) is 0 Å². The molecule has 1 N–H and O–H groups in total. The van der Waals surface area contributed by atoms with Crippen molar-refractivity contribution in [2.45, 2.75) is 33.1 Å². The average molecular weight is 276 g/mol. The van der Waals surface area contributed by atoms with Gasteiger partial charge >= 0.3 is 0 Å². The molecule has 0 aliphatic rings. The van der Waals surface area contributed by atoms with Crippen molar-refractivity contribution in [3.63, 3.8) is 0 Å². The molecule has 0 aliphatic heterocycles. The van der Waals surface area contributed by atoms with E-state index in [2.05, 4.69) is 4.98 Å². The highest BCUT2D eigenvalue weighted by molar-refractivity contribution is 5.94. The molecule has 0 fully saturated rings. The zero-order valence-electron chi connectivity index (χ0n) is 12.5. The summed E-state index contributed by atoms with van der Waals surface area (Å²) in [6, 6.07) is 4.60. The third-order valence-electron chi connectivity index (χ3n) is 3.90. The number of rotatable bonds is 4. The first-order valence-corrected chi connectivity index (χ1v) is 6.98. The molecule has 1 heterocycles. The number of aromatic nitrogens is 1. The molecule has 0 bridgehead atoms. The minimum atomic E-state index is -0.682. The maximum atomic E-state index is 13.5. The number of hydrogen-bond donors (Lipinski definition) is 1. The molecule has 4 heteroatoms. The number of halogens is 1. The predicted octanol–water partition coefficient (Wildman–Crippen LogP) is 3.45. The Balaban J connectivity index is 2.51. The van der Waals surface area contributed by atoms with Gasteiger partial charge in [0.15, 0.2) is 0 Å². The maximum Gasteiger partial charge on any atom is 0.232 e. The second-order valence-electron chi connectivity index (χ2n) is 5.49. The van der Waals surface area contributed by atoms with Gasteiger partial charge in [-0.15, -0.1) is 0 Å². The van der Waals surface area contributed by atoms with Gasteiger partial charge in [0.2, 0.25) is 5.91 Å². The van der Waals surface area contributed by atoms with Gasteiger partial charge in [-0.1, -0.05) is 0 Å². The van der Waals surface area contributed by atoms with E-state index in [0.717, 1.165) is 16.5 Å². The van der Waals surface area contributed by atoms with Crippen LogP contribution in [0.3, 0.4) is 0 Å². The predicted molar refractivity (Wildman–Crippen MR) is 79.2 cm³/mol. The Bertz CT molecular complexity index is 626. The van der Waals surface area contributed by atoms with E-state index >= 15 is 0 Å². The SMILES string of the molecule is CCN(CC)C(=O)C(C)(C)c1c[nH]c2ccc(F)cc12. The number of carbonyl (C=O) groups is 1. The number of nitrogens with one attached hydrogen (secondary N) is 1. The van der Waals surface area contributed by atoms with Gasteiger partial charge in [-0.2, -0.15) is 0 Å². The molecular weight excluding hydrogens is 255 g/mol. The molecule has 3 nitrogen and oxygen atoms in total. The van der Waals surface area contributed by atoms with Crippen LogP contribution in [0.1, 0.15) is 33.3 Å². The first kappa shape index (κ1) is 14.6. The van der Waals surface area contributed by atoms with Crippen molar-refractivity contribution in [1.82, 2.24) is 9.88 Å². The monoisotopic (exact) mass is 276 g/mol. The second-order valence-corrected chi connectivity index (χ2v) is 5.49. The summed E-state index contributed by atoms with van der Waals surface area (Å²) >= 11 is 0. The minimum Gasteiger partial charge on any atom is -0.361 e. The van der Waals surface area contributed by atoms with Crippen LogP contribution in [0.4, 0.5) is 4.39 Å². The lowest BCUT2D eigenvalue weighted by Crippen LogP contribution is -2.43. The Kier molecular flexibility index (Phi) is 3.84. The molecule has 2 rings (SSSR count). The maximum absolute atomic E-state index is 13.5. The van der Waals surface area contributed by atoms with E-state index < -0.39 is 5.41 Å². The van der Waals surface area contributed by atoms with Crippen molar-refractivity contribution in [2.75, 3.05) is 13.1 Å². The van der Waals surface area contributed by atoms with Crippen LogP contribution in [-0.2, 0) is 10.2 Å². The normalized spacial score (nSPS) is 11.8. The highest BCUT2D eigenvalue weighted by Crippen LogP contribution is 2.32. The van der Waals surface area contributed by atoms with Crippen molar-refractivity contribution in [3.05, 3.63) is 35.8 Å². The van der Waals surface area contributed by atoms with Crippen LogP contribution in [0.15, 0.2) is 24.4 Å².